The van der Waals surface area contributed by atoms with Crippen molar-refractivity contribution in [1.29, 1.82) is 0 Å². The number of carbonyl (C=O) groups is 3. The van der Waals surface area contributed by atoms with E-state index in [9.17, 15) is 14.4 Å². The van der Waals surface area contributed by atoms with Crippen LogP contribution >= 0.6 is 0 Å². The molecule has 2 amide bonds. The molecule has 6 heteroatoms. The summed E-state index contributed by atoms with van der Waals surface area (Å²) in [5, 5.41) is 5.07. The lowest BCUT2D eigenvalue weighted by Gasteiger charge is -2.06. The summed E-state index contributed by atoms with van der Waals surface area (Å²) in [6, 6.07) is 6.31. The van der Waals surface area contributed by atoms with Crippen LogP contribution in [0.2, 0.25) is 0 Å². The van der Waals surface area contributed by atoms with Crippen LogP contribution in [0.15, 0.2) is 24.3 Å². The van der Waals surface area contributed by atoms with Crippen molar-refractivity contribution < 1.29 is 19.1 Å². The van der Waals surface area contributed by atoms with Gasteiger partial charge in [-0.3, -0.25) is 9.59 Å². The molecule has 1 aromatic carbocycles. The zero-order valence-electron chi connectivity index (χ0n) is 11.1. The van der Waals surface area contributed by atoms with E-state index >= 15 is 0 Å². The van der Waals surface area contributed by atoms with Crippen LogP contribution < -0.4 is 10.6 Å². The number of rotatable bonds is 4. The predicted molar refractivity (Wildman–Crippen MR) is 72.2 cm³/mol. The summed E-state index contributed by atoms with van der Waals surface area (Å²) in [5.74, 6) is -1.76. The maximum absolute atomic E-state index is 11.6. The van der Waals surface area contributed by atoms with Gasteiger partial charge in [-0.2, -0.15) is 0 Å². The van der Waals surface area contributed by atoms with Gasteiger partial charge in [-0.25, -0.2) is 4.79 Å². The summed E-state index contributed by atoms with van der Waals surface area (Å²) < 4.78 is 4.85. The lowest BCUT2D eigenvalue weighted by Crippen LogP contribution is -2.36. The normalized spacial score (nSPS) is 13.4. The molecule has 0 atom stereocenters. The van der Waals surface area contributed by atoms with Gasteiger partial charge in [-0.15, -0.1) is 0 Å². The minimum atomic E-state index is -0.708. The maximum Gasteiger partial charge on any atom is 0.338 e. The fourth-order valence-electron chi connectivity index (χ4n) is 1.57. The largest absolute Gasteiger partial charge is 0.462 e. The molecule has 1 aliphatic rings. The minimum Gasteiger partial charge on any atom is -0.462 e. The first-order valence-corrected chi connectivity index (χ1v) is 6.49. The Morgan fingerprint density at radius 3 is 2.35 bits per heavy atom. The second kappa shape index (κ2) is 6.18. The number of anilines is 1. The van der Waals surface area contributed by atoms with E-state index in [-0.39, 0.29) is 6.04 Å². The zero-order valence-corrected chi connectivity index (χ0v) is 11.1. The number of ether oxygens (including phenoxy) is 1. The molecule has 20 heavy (non-hydrogen) atoms. The molecule has 1 saturated carbocycles. The van der Waals surface area contributed by atoms with Gasteiger partial charge in [0, 0.05) is 11.7 Å². The summed E-state index contributed by atoms with van der Waals surface area (Å²) in [6.45, 7) is 2.03. The highest BCUT2D eigenvalue weighted by molar-refractivity contribution is 6.39. The molecule has 2 rings (SSSR count). The van der Waals surface area contributed by atoms with Gasteiger partial charge in [0.1, 0.15) is 0 Å². The van der Waals surface area contributed by atoms with Crippen LogP contribution in [-0.4, -0.2) is 30.4 Å². The first-order chi connectivity index (χ1) is 9.60. The van der Waals surface area contributed by atoms with E-state index in [2.05, 4.69) is 10.6 Å². The summed E-state index contributed by atoms with van der Waals surface area (Å²) in [4.78, 5) is 34.5. The molecular weight excluding hydrogens is 260 g/mol. The van der Waals surface area contributed by atoms with E-state index in [4.69, 9.17) is 4.74 Å². The third kappa shape index (κ3) is 3.81. The number of nitrogens with one attached hydrogen (secondary N) is 2. The molecule has 106 valence electrons. The molecular formula is C14H16N2O4. The molecule has 0 spiro atoms. The first-order valence-electron chi connectivity index (χ1n) is 6.49. The highest BCUT2D eigenvalue weighted by Gasteiger charge is 2.26. The Balaban J connectivity index is 1.90. The molecule has 6 nitrogen and oxygen atoms in total. The van der Waals surface area contributed by atoms with Crippen LogP contribution in [0.3, 0.4) is 0 Å². The van der Waals surface area contributed by atoms with E-state index < -0.39 is 17.8 Å². The van der Waals surface area contributed by atoms with Gasteiger partial charge in [0.25, 0.3) is 0 Å². The van der Waals surface area contributed by atoms with E-state index in [0.29, 0.717) is 17.9 Å². The SMILES string of the molecule is CCOC(=O)c1ccc(NC(=O)C(=O)NC2CC2)cc1. The summed E-state index contributed by atoms with van der Waals surface area (Å²) in [6.07, 6.45) is 1.85. The minimum absolute atomic E-state index is 0.138. The molecule has 0 aromatic heterocycles. The predicted octanol–water partition coefficient (Wildman–Crippen LogP) is 1.08. The van der Waals surface area contributed by atoms with Crippen molar-refractivity contribution in [3.8, 4) is 0 Å². The average Bonchev–Trinajstić information content (AvgIpc) is 3.23. The molecule has 0 aliphatic heterocycles. The van der Waals surface area contributed by atoms with Crippen LogP contribution in [0.4, 0.5) is 5.69 Å². The highest BCUT2D eigenvalue weighted by atomic mass is 16.5. The second-order valence-corrected chi connectivity index (χ2v) is 4.50. The zero-order chi connectivity index (χ0) is 14.5. The molecule has 0 bridgehead atoms. The third-order valence-corrected chi connectivity index (χ3v) is 2.77. The van der Waals surface area contributed by atoms with E-state index in [1.807, 2.05) is 0 Å². The topological polar surface area (TPSA) is 84.5 Å². The Morgan fingerprint density at radius 2 is 1.80 bits per heavy atom. The van der Waals surface area contributed by atoms with Crippen molar-refractivity contribution in [3.63, 3.8) is 0 Å². The van der Waals surface area contributed by atoms with Crippen molar-refractivity contribution in [2.45, 2.75) is 25.8 Å². The number of carbonyl (C=O) groups excluding carboxylic acids is 3. The highest BCUT2D eigenvalue weighted by Crippen LogP contribution is 2.18. The van der Waals surface area contributed by atoms with Gasteiger partial charge in [0.05, 0.1) is 12.2 Å². The number of amides is 2. The average molecular weight is 276 g/mol. The van der Waals surface area contributed by atoms with Crippen molar-refractivity contribution in [2.24, 2.45) is 0 Å². The number of hydrogen-bond donors (Lipinski definition) is 2. The van der Waals surface area contributed by atoms with Gasteiger partial charge in [-0.1, -0.05) is 0 Å². The molecule has 0 heterocycles. The summed E-state index contributed by atoms with van der Waals surface area (Å²) in [7, 11) is 0. The van der Waals surface area contributed by atoms with Crippen LogP contribution in [-0.2, 0) is 14.3 Å². The summed E-state index contributed by atoms with van der Waals surface area (Å²) >= 11 is 0. The monoisotopic (exact) mass is 276 g/mol. The van der Waals surface area contributed by atoms with Gasteiger partial charge in [0.15, 0.2) is 0 Å². The lowest BCUT2D eigenvalue weighted by molar-refractivity contribution is -0.136. The van der Waals surface area contributed by atoms with Crippen molar-refractivity contribution >= 4 is 23.5 Å². The van der Waals surface area contributed by atoms with Crippen LogP contribution in [0.5, 0.6) is 0 Å². The summed E-state index contributed by atoms with van der Waals surface area (Å²) in [5.41, 5.74) is 0.848. The lowest BCUT2D eigenvalue weighted by atomic mass is 10.2. The molecule has 1 fully saturated rings. The number of esters is 1. The maximum atomic E-state index is 11.6. The molecule has 0 saturated heterocycles. The van der Waals surface area contributed by atoms with Gasteiger partial charge in [-0.05, 0) is 44.0 Å². The van der Waals surface area contributed by atoms with Crippen molar-refractivity contribution in [3.05, 3.63) is 29.8 Å². The molecule has 2 N–H and O–H groups in total. The Kier molecular flexibility index (Phi) is 4.34. The molecule has 0 radical (unpaired) electrons. The van der Waals surface area contributed by atoms with Crippen LogP contribution in [0.1, 0.15) is 30.1 Å². The smallest absolute Gasteiger partial charge is 0.338 e. The third-order valence-electron chi connectivity index (χ3n) is 2.77. The number of benzene rings is 1. The number of hydrogen-bond acceptors (Lipinski definition) is 4. The molecule has 1 aliphatic carbocycles. The standard InChI is InChI=1S/C14H16N2O4/c1-2-20-14(19)9-3-5-10(6-4-9)15-12(17)13(18)16-11-7-8-11/h3-6,11H,2,7-8H2,1H3,(H,15,17)(H,16,18). The Labute approximate surface area is 116 Å². The van der Waals surface area contributed by atoms with E-state index in [1.165, 1.54) is 12.1 Å². The molecule has 1 aromatic rings. The first kappa shape index (κ1) is 14.0. The van der Waals surface area contributed by atoms with E-state index in [1.54, 1.807) is 19.1 Å². The van der Waals surface area contributed by atoms with Crippen molar-refractivity contribution in [2.75, 3.05) is 11.9 Å². The Bertz CT molecular complexity index is 520. The van der Waals surface area contributed by atoms with Crippen molar-refractivity contribution in [1.82, 2.24) is 5.32 Å². The fourth-order valence-corrected chi connectivity index (χ4v) is 1.57. The Hall–Kier alpha value is -2.37. The van der Waals surface area contributed by atoms with E-state index in [0.717, 1.165) is 12.8 Å². The van der Waals surface area contributed by atoms with Gasteiger partial charge < -0.3 is 15.4 Å². The quantitative estimate of drug-likeness (QED) is 0.636. The molecule has 0 unspecified atom stereocenters. The Morgan fingerprint density at radius 1 is 1.15 bits per heavy atom. The van der Waals surface area contributed by atoms with Crippen LogP contribution in [0.25, 0.3) is 0 Å². The van der Waals surface area contributed by atoms with Gasteiger partial charge in [0.2, 0.25) is 0 Å². The fraction of sp³-hybridized carbons (Fsp3) is 0.357. The van der Waals surface area contributed by atoms with Crippen LogP contribution in [0, 0.1) is 0 Å². The second-order valence-electron chi connectivity index (χ2n) is 4.50. The van der Waals surface area contributed by atoms with Gasteiger partial charge >= 0.3 is 17.8 Å².